The van der Waals surface area contributed by atoms with Gasteiger partial charge in [-0.2, -0.15) is 0 Å². The number of rotatable bonds is 7. The molecule has 7 nitrogen and oxygen atoms in total. The number of nitrogens with one attached hydrogen (secondary N) is 1. The molecule has 0 radical (unpaired) electrons. The molecule has 1 aliphatic carbocycles. The van der Waals surface area contributed by atoms with E-state index in [0.717, 1.165) is 24.2 Å². The normalized spacial score (nSPS) is 15.1. The number of carbonyl (C=O) groups is 1. The first-order valence-corrected chi connectivity index (χ1v) is 8.87. The van der Waals surface area contributed by atoms with Crippen molar-refractivity contribution in [2.24, 2.45) is 0 Å². The van der Waals surface area contributed by atoms with Crippen molar-refractivity contribution < 1.29 is 9.53 Å². The van der Waals surface area contributed by atoms with Crippen LogP contribution in [0, 0.1) is 0 Å². The molecule has 0 unspecified atom stereocenters. The standard InChI is InChI=1S/C16H21N5O2S/c1-3-23-13-8-4-11(5-9-13)14-19-20-16(21(14)17)24-10(2)15(22)18-12-6-7-12/h4-5,8-10,12H,3,6-7,17H2,1-2H3,(H,18,22)/t10-/m1/s1. The predicted octanol–water partition coefficient (Wildman–Crippen LogP) is 1.82. The predicted molar refractivity (Wildman–Crippen MR) is 93.3 cm³/mol. The summed E-state index contributed by atoms with van der Waals surface area (Å²) in [6, 6.07) is 7.85. The Morgan fingerprint density at radius 3 is 2.75 bits per heavy atom. The number of benzene rings is 1. The summed E-state index contributed by atoms with van der Waals surface area (Å²) in [4.78, 5) is 12.0. The second kappa shape index (κ2) is 7.12. The molecule has 2 aromatic rings. The summed E-state index contributed by atoms with van der Waals surface area (Å²) in [7, 11) is 0. The fourth-order valence-electron chi connectivity index (χ4n) is 2.18. The van der Waals surface area contributed by atoms with E-state index in [2.05, 4.69) is 15.5 Å². The van der Waals surface area contributed by atoms with Crippen molar-refractivity contribution in [3.8, 4) is 17.1 Å². The Kier molecular flexibility index (Phi) is 4.94. The molecule has 1 heterocycles. The summed E-state index contributed by atoms with van der Waals surface area (Å²) in [6.45, 7) is 4.40. The molecule has 128 valence electrons. The SMILES string of the molecule is CCOc1ccc(-c2nnc(S[C@H](C)C(=O)NC3CC3)n2N)cc1. The Bertz CT molecular complexity index is 712. The highest BCUT2D eigenvalue weighted by atomic mass is 32.2. The number of nitrogens with two attached hydrogens (primary N) is 1. The van der Waals surface area contributed by atoms with Gasteiger partial charge in [0.05, 0.1) is 11.9 Å². The first-order chi connectivity index (χ1) is 11.6. The van der Waals surface area contributed by atoms with Gasteiger partial charge in [0.25, 0.3) is 0 Å². The van der Waals surface area contributed by atoms with Crippen LogP contribution in [0.5, 0.6) is 5.75 Å². The highest BCUT2D eigenvalue weighted by Gasteiger charge is 2.27. The summed E-state index contributed by atoms with van der Waals surface area (Å²) in [5.41, 5.74) is 0.843. The lowest BCUT2D eigenvalue weighted by molar-refractivity contribution is -0.120. The van der Waals surface area contributed by atoms with E-state index < -0.39 is 0 Å². The topological polar surface area (TPSA) is 95.1 Å². The molecule has 3 N–H and O–H groups in total. The van der Waals surface area contributed by atoms with Gasteiger partial charge >= 0.3 is 0 Å². The first-order valence-electron chi connectivity index (χ1n) is 7.99. The zero-order chi connectivity index (χ0) is 17.1. The second-order valence-corrected chi connectivity index (χ2v) is 6.98. The average Bonchev–Trinajstić information content (AvgIpc) is 3.32. The van der Waals surface area contributed by atoms with Gasteiger partial charge in [0.1, 0.15) is 5.75 Å². The van der Waals surface area contributed by atoms with Crippen LogP contribution in [0.25, 0.3) is 11.4 Å². The zero-order valence-corrected chi connectivity index (χ0v) is 14.5. The van der Waals surface area contributed by atoms with Gasteiger partial charge in [-0.25, -0.2) is 4.68 Å². The number of thioether (sulfide) groups is 1. The first kappa shape index (κ1) is 16.6. The quantitative estimate of drug-likeness (QED) is 0.586. The number of amides is 1. The molecule has 1 atom stereocenters. The van der Waals surface area contributed by atoms with Crippen LogP contribution in [0.15, 0.2) is 29.4 Å². The third kappa shape index (κ3) is 3.81. The van der Waals surface area contributed by atoms with Crippen molar-refractivity contribution in [3.05, 3.63) is 24.3 Å². The third-order valence-corrected chi connectivity index (χ3v) is 4.72. The van der Waals surface area contributed by atoms with Crippen molar-refractivity contribution in [2.75, 3.05) is 12.4 Å². The largest absolute Gasteiger partial charge is 0.494 e. The van der Waals surface area contributed by atoms with Gasteiger partial charge in [-0.1, -0.05) is 11.8 Å². The molecule has 1 aromatic heterocycles. The summed E-state index contributed by atoms with van der Waals surface area (Å²) < 4.78 is 6.84. The number of carbonyl (C=O) groups excluding carboxylic acids is 1. The molecule has 24 heavy (non-hydrogen) atoms. The van der Waals surface area contributed by atoms with Crippen LogP contribution in [-0.4, -0.2) is 38.7 Å². The number of hydrogen-bond acceptors (Lipinski definition) is 6. The number of ether oxygens (including phenoxy) is 1. The van der Waals surface area contributed by atoms with Crippen LogP contribution in [0.1, 0.15) is 26.7 Å². The van der Waals surface area contributed by atoms with Crippen LogP contribution in [0.4, 0.5) is 0 Å². The fraction of sp³-hybridized carbons (Fsp3) is 0.438. The summed E-state index contributed by atoms with van der Waals surface area (Å²) in [5, 5.41) is 11.5. The lowest BCUT2D eigenvalue weighted by Gasteiger charge is -2.11. The van der Waals surface area contributed by atoms with E-state index in [-0.39, 0.29) is 11.2 Å². The lowest BCUT2D eigenvalue weighted by atomic mass is 10.2. The van der Waals surface area contributed by atoms with Gasteiger partial charge in [0, 0.05) is 11.6 Å². The van der Waals surface area contributed by atoms with Gasteiger partial charge in [-0.3, -0.25) is 4.79 Å². The Labute approximate surface area is 144 Å². The van der Waals surface area contributed by atoms with E-state index in [1.54, 1.807) is 0 Å². The summed E-state index contributed by atoms with van der Waals surface area (Å²) in [6.07, 6.45) is 2.14. The minimum atomic E-state index is -0.273. The fourth-order valence-corrected chi connectivity index (χ4v) is 2.96. The van der Waals surface area contributed by atoms with Crippen LogP contribution in [0.2, 0.25) is 0 Å². The highest BCUT2D eigenvalue weighted by Crippen LogP contribution is 2.27. The van der Waals surface area contributed by atoms with Gasteiger partial charge in [0.15, 0.2) is 5.82 Å². The molecule has 0 saturated heterocycles. The van der Waals surface area contributed by atoms with Crippen LogP contribution in [-0.2, 0) is 4.79 Å². The highest BCUT2D eigenvalue weighted by molar-refractivity contribution is 8.00. The molecule has 1 saturated carbocycles. The van der Waals surface area contributed by atoms with E-state index in [4.69, 9.17) is 10.6 Å². The van der Waals surface area contributed by atoms with E-state index in [1.165, 1.54) is 16.4 Å². The maximum absolute atomic E-state index is 12.0. The minimum absolute atomic E-state index is 0.00752. The molecule has 1 aromatic carbocycles. The smallest absolute Gasteiger partial charge is 0.233 e. The Balaban J connectivity index is 1.69. The van der Waals surface area contributed by atoms with Gasteiger partial charge < -0.3 is 15.9 Å². The Morgan fingerprint density at radius 2 is 2.12 bits per heavy atom. The molecule has 1 amide bonds. The van der Waals surface area contributed by atoms with E-state index in [9.17, 15) is 4.79 Å². The van der Waals surface area contributed by atoms with Gasteiger partial charge in [-0.15, -0.1) is 10.2 Å². The molecule has 1 aliphatic rings. The van der Waals surface area contributed by atoms with Gasteiger partial charge in [0.2, 0.25) is 11.1 Å². The van der Waals surface area contributed by atoms with Crippen LogP contribution < -0.4 is 15.9 Å². The molecule has 8 heteroatoms. The zero-order valence-electron chi connectivity index (χ0n) is 13.7. The number of hydrogen-bond donors (Lipinski definition) is 2. The summed E-state index contributed by atoms with van der Waals surface area (Å²) in [5.74, 6) is 7.46. The molecule has 0 aliphatic heterocycles. The average molecular weight is 347 g/mol. The van der Waals surface area contributed by atoms with E-state index in [0.29, 0.717) is 23.6 Å². The monoisotopic (exact) mass is 347 g/mol. The molecule has 0 spiro atoms. The number of aromatic nitrogens is 3. The van der Waals surface area contributed by atoms with Crippen molar-refractivity contribution in [2.45, 2.75) is 43.1 Å². The molecule has 0 bridgehead atoms. The maximum Gasteiger partial charge on any atom is 0.233 e. The van der Waals surface area contributed by atoms with Crippen LogP contribution in [0.3, 0.4) is 0 Å². The van der Waals surface area contributed by atoms with Crippen molar-refractivity contribution >= 4 is 17.7 Å². The third-order valence-electron chi connectivity index (χ3n) is 3.66. The van der Waals surface area contributed by atoms with E-state index >= 15 is 0 Å². The number of nitrogens with zero attached hydrogens (tertiary/aromatic N) is 3. The Morgan fingerprint density at radius 1 is 1.42 bits per heavy atom. The summed E-state index contributed by atoms with van der Waals surface area (Å²) >= 11 is 1.30. The maximum atomic E-state index is 12.0. The molecule has 3 rings (SSSR count). The van der Waals surface area contributed by atoms with Crippen LogP contribution >= 0.6 is 11.8 Å². The molecule has 1 fully saturated rings. The van der Waals surface area contributed by atoms with Crippen molar-refractivity contribution in [3.63, 3.8) is 0 Å². The van der Waals surface area contributed by atoms with Crippen molar-refractivity contribution in [1.29, 1.82) is 0 Å². The minimum Gasteiger partial charge on any atom is -0.494 e. The second-order valence-electron chi connectivity index (χ2n) is 5.68. The van der Waals surface area contributed by atoms with E-state index in [1.807, 2.05) is 38.1 Å². The van der Waals surface area contributed by atoms with Crippen molar-refractivity contribution in [1.82, 2.24) is 20.2 Å². The van der Waals surface area contributed by atoms with Gasteiger partial charge in [-0.05, 0) is 51.0 Å². The Hall–Kier alpha value is -2.22. The molecular weight excluding hydrogens is 326 g/mol. The lowest BCUT2D eigenvalue weighted by Crippen LogP contribution is -2.32. The molecular formula is C16H21N5O2S. The number of nitrogen functional groups attached to an aromatic ring is 1.